The zero-order chi connectivity index (χ0) is 12.5. The first-order valence-electron chi connectivity index (χ1n) is 5.69. The predicted molar refractivity (Wildman–Crippen MR) is 75.3 cm³/mol. The second-order valence-corrected chi connectivity index (χ2v) is 4.52. The highest BCUT2D eigenvalue weighted by molar-refractivity contribution is 6.33. The number of H-pyrrole nitrogens is 1. The van der Waals surface area contributed by atoms with Crippen molar-refractivity contribution in [2.24, 2.45) is 0 Å². The SMILES string of the molecule is COc1ccc2cc(-c3ccccc3Cl)[nH]c2c1. The van der Waals surface area contributed by atoms with E-state index in [2.05, 4.69) is 11.1 Å². The van der Waals surface area contributed by atoms with Gasteiger partial charge in [-0.25, -0.2) is 0 Å². The molecule has 1 aromatic heterocycles. The van der Waals surface area contributed by atoms with Crippen LogP contribution in [0, 0.1) is 0 Å². The first-order chi connectivity index (χ1) is 8.78. The van der Waals surface area contributed by atoms with Crippen molar-refractivity contribution >= 4 is 22.5 Å². The largest absolute Gasteiger partial charge is 0.497 e. The minimum Gasteiger partial charge on any atom is -0.497 e. The summed E-state index contributed by atoms with van der Waals surface area (Å²) in [4.78, 5) is 3.36. The van der Waals surface area contributed by atoms with E-state index in [1.807, 2.05) is 42.5 Å². The second-order valence-electron chi connectivity index (χ2n) is 4.12. The molecule has 3 heteroatoms. The smallest absolute Gasteiger partial charge is 0.120 e. The quantitative estimate of drug-likeness (QED) is 0.719. The molecule has 0 saturated heterocycles. The van der Waals surface area contributed by atoms with E-state index in [0.29, 0.717) is 0 Å². The van der Waals surface area contributed by atoms with Gasteiger partial charge in [0.1, 0.15) is 5.75 Å². The van der Waals surface area contributed by atoms with Gasteiger partial charge in [0.25, 0.3) is 0 Å². The Kier molecular flexibility index (Phi) is 2.73. The van der Waals surface area contributed by atoms with Gasteiger partial charge in [0.2, 0.25) is 0 Å². The van der Waals surface area contributed by atoms with Crippen molar-refractivity contribution in [2.45, 2.75) is 0 Å². The van der Waals surface area contributed by atoms with E-state index in [4.69, 9.17) is 16.3 Å². The summed E-state index contributed by atoms with van der Waals surface area (Å²) in [6.07, 6.45) is 0. The Labute approximate surface area is 110 Å². The maximum Gasteiger partial charge on any atom is 0.120 e. The number of nitrogens with one attached hydrogen (secondary N) is 1. The number of methoxy groups -OCH3 is 1. The number of aromatic nitrogens is 1. The lowest BCUT2D eigenvalue weighted by Gasteiger charge is -2.00. The molecular weight excluding hydrogens is 246 g/mol. The Morgan fingerprint density at radius 3 is 2.67 bits per heavy atom. The molecule has 0 unspecified atom stereocenters. The van der Waals surface area contributed by atoms with Crippen LogP contribution in [0.4, 0.5) is 0 Å². The van der Waals surface area contributed by atoms with Gasteiger partial charge in [-0.05, 0) is 24.3 Å². The highest BCUT2D eigenvalue weighted by atomic mass is 35.5. The van der Waals surface area contributed by atoms with Crippen LogP contribution in [0.3, 0.4) is 0 Å². The first-order valence-corrected chi connectivity index (χ1v) is 6.07. The zero-order valence-electron chi connectivity index (χ0n) is 9.91. The summed E-state index contributed by atoms with van der Waals surface area (Å²) in [6, 6.07) is 15.9. The number of halogens is 1. The van der Waals surface area contributed by atoms with Crippen molar-refractivity contribution in [3.05, 3.63) is 53.6 Å². The Balaban J connectivity index is 2.17. The van der Waals surface area contributed by atoms with Crippen LogP contribution in [0.2, 0.25) is 5.02 Å². The van der Waals surface area contributed by atoms with Gasteiger partial charge in [0.15, 0.2) is 0 Å². The number of rotatable bonds is 2. The molecule has 0 aliphatic carbocycles. The average molecular weight is 258 g/mol. The summed E-state index contributed by atoms with van der Waals surface area (Å²) in [5, 5.41) is 1.89. The Morgan fingerprint density at radius 2 is 1.89 bits per heavy atom. The van der Waals surface area contributed by atoms with Crippen molar-refractivity contribution in [1.29, 1.82) is 0 Å². The van der Waals surface area contributed by atoms with Crippen LogP contribution in [0.25, 0.3) is 22.2 Å². The number of aromatic amines is 1. The molecule has 18 heavy (non-hydrogen) atoms. The Morgan fingerprint density at radius 1 is 1.06 bits per heavy atom. The molecule has 0 radical (unpaired) electrons. The summed E-state index contributed by atoms with van der Waals surface area (Å²) in [5.41, 5.74) is 3.07. The predicted octanol–water partition coefficient (Wildman–Crippen LogP) is 4.50. The number of benzene rings is 2. The molecular formula is C15H12ClNO. The summed E-state index contributed by atoms with van der Waals surface area (Å²) in [7, 11) is 1.67. The number of ether oxygens (including phenoxy) is 1. The van der Waals surface area contributed by atoms with Crippen molar-refractivity contribution in [2.75, 3.05) is 7.11 Å². The fourth-order valence-corrected chi connectivity index (χ4v) is 2.30. The van der Waals surface area contributed by atoms with Crippen molar-refractivity contribution in [1.82, 2.24) is 4.98 Å². The maximum absolute atomic E-state index is 6.20. The number of hydrogen-bond acceptors (Lipinski definition) is 1. The second kappa shape index (κ2) is 4.39. The molecule has 0 atom stereocenters. The lowest BCUT2D eigenvalue weighted by Crippen LogP contribution is -1.81. The maximum atomic E-state index is 6.20. The number of hydrogen-bond donors (Lipinski definition) is 1. The van der Waals surface area contributed by atoms with Crippen LogP contribution in [0.5, 0.6) is 5.75 Å². The van der Waals surface area contributed by atoms with Crippen molar-refractivity contribution in [3.8, 4) is 17.0 Å². The van der Waals surface area contributed by atoms with Gasteiger partial charge in [-0.1, -0.05) is 29.8 Å². The fourth-order valence-electron chi connectivity index (χ4n) is 2.06. The molecule has 0 saturated carbocycles. The molecule has 3 aromatic rings. The molecule has 0 fully saturated rings. The van der Waals surface area contributed by atoms with Gasteiger partial charge in [0, 0.05) is 33.2 Å². The number of fused-ring (bicyclic) bond motifs is 1. The lowest BCUT2D eigenvalue weighted by atomic mass is 10.1. The minimum absolute atomic E-state index is 0.746. The molecule has 0 spiro atoms. The standard InChI is InChI=1S/C15H12ClNO/c1-18-11-7-6-10-8-15(17-14(10)9-11)12-4-2-3-5-13(12)16/h2-9,17H,1H3. The molecule has 0 aliphatic rings. The van der Waals surface area contributed by atoms with E-state index >= 15 is 0 Å². The van der Waals surface area contributed by atoms with Crippen molar-refractivity contribution < 1.29 is 4.74 Å². The van der Waals surface area contributed by atoms with Gasteiger partial charge < -0.3 is 9.72 Å². The first kappa shape index (κ1) is 11.2. The normalized spacial score (nSPS) is 10.8. The van der Waals surface area contributed by atoms with Gasteiger partial charge in [-0.15, -0.1) is 0 Å². The monoisotopic (exact) mass is 257 g/mol. The van der Waals surface area contributed by atoms with Gasteiger partial charge in [-0.3, -0.25) is 0 Å². The van der Waals surface area contributed by atoms with Crippen LogP contribution in [0.1, 0.15) is 0 Å². The summed E-state index contributed by atoms with van der Waals surface area (Å²) in [5.74, 6) is 0.843. The van der Waals surface area contributed by atoms with Crippen LogP contribution in [-0.2, 0) is 0 Å². The van der Waals surface area contributed by atoms with Crippen molar-refractivity contribution in [3.63, 3.8) is 0 Å². The van der Waals surface area contributed by atoms with Gasteiger partial charge in [-0.2, -0.15) is 0 Å². The zero-order valence-corrected chi connectivity index (χ0v) is 10.7. The third-order valence-corrected chi connectivity index (χ3v) is 3.32. The van der Waals surface area contributed by atoms with Gasteiger partial charge in [0.05, 0.1) is 7.11 Å². The molecule has 1 N–H and O–H groups in total. The molecule has 0 aliphatic heterocycles. The van der Waals surface area contributed by atoms with E-state index in [-0.39, 0.29) is 0 Å². The average Bonchev–Trinajstić information content (AvgIpc) is 2.81. The van der Waals surface area contributed by atoms with Crippen LogP contribution in [0.15, 0.2) is 48.5 Å². The highest BCUT2D eigenvalue weighted by Crippen LogP contribution is 2.30. The summed E-state index contributed by atoms with van der Waals surface area (Å²) < 4.78 is 5.21. The highest BCUT2D eigenvalue weighted by Gasteiger charge is 2.07. The van der Waals surface area contributed by atoms with E-state index in [0.717, 1.165) is 32.9 Å². The Hall–Kier alpha value is -1.93. The molecule has 1 heterocycles. The van der Waals surface area contributed by atoms with E-state index < -0.39 is 0 Å². The molecule has 0 amide bonds. The van der Waals surface area contributed by atoms with Gasteiger partial charge >= 0.3 is 0 Å². The molecule has 0 bridgehead atoms. The molecule has 3 rings (SSSR count). The molecule has 2 aromatic carbocycles. The van der Waals surface area contributed by atoms with Crippen LogP contribution in [-0.4, -0.2) is 12.1 Å². The molecule has 90 valence electrons. The fraction of sp³-hybridized carbons (Fsp3) is 0.0667. The Bertz CT molecular complexity index is 703. The van der Waals surface area contributed by atoms with E-state index in [1.165, 1.54) is 0 Å². The van der Waals surface area contributed by atoms with Crippen LogP contribution < -0.4 is 4.74 Å². The summed E-state index contributed by atoms with van der Waals surface area (Å²) >= 11 is 6.20. The third kappa shape index (κ3) is 1.85. The van der Waals surface area contributed by atoms with E-state index in [9.17, 15) is 0 Å². The topological polar surface area (TPSA) is 25.0 Å². The van der Waals surface area contributed by atoms with Crippen LogP contribution >= 0.6 is 11.6 Å². The van der Waals surface area contributed by atoms with E-state index in [1.54, 1.807) is 7.11 Å². The lowest BCUT2D eigenvalue weighted by molar-refractivity contribution is 0.415. The summed E-state index contributed by atoms with van der Waals surface area (Å²) in [6.45, 7) is 0. The third-order valence-electron chi connectivity index (χ3n) is 2.99. The molecule has 2 nitrogen and oxygen atoms in total. The minimum atomic E-state index is 0.746.